The van der Waals surface area contributed by atoms with Gasteiger partial charge in [-0.25, -0.2) is 8.42 Å². The number of carbonyl (C=O) groups is 1. The molecule has 1 N–H and O–H groups in total. The van der Waals surface area contributed by atoms with Crippen molar-refractivity contribution in [3.05, 3.63) is 54.1 Å². The summed E-state index contributed by atoms with van der Waals surface area (Å²) in [4.78, 5) is 13.0. The van der Waals surface area contributed by atoms with Crippen LogP contribution in [0, 0.1) is 0 Å². The highest BCUT2D eigenvalue weighted by molar-refractivity contribution is 7.98. The normalized spacial score (nSPS) is 17.2. The number of rotatable bonds is 6. The summed E-state index contributed by atoms with van der Waals surface area (Å²) in [6.07, 6.45) is 4.59. The van der Waals surface area contributed by atoms with Crippen LogP contribution < -0.4 is 5.32 Å². The quantitative estimate of drug-likeness (QED) is 0.549. The highest BCUT2D eigenvalue weighted by Gasteiger charge is 2.31. The third kappa shape index (κ3) is 4.54. The Hall–Kier alpha value is -2.76. The second-order valence-corrected chi connectivity index (χ2v) is 10.2. The summed E-state index contributed by atoms with van der Waals surface area (Å²) in [7, 11) is -3.66. The summed E-state index contributed by atoms with van der Waals surface area (Å²) in [5.41, 5.74) is 1.52. The summed E-state index contributed by atoms with van der Waals surface area (Å²) in [5.74, 6) is -0.396. The van der Waals surface area contributed by atoms with Crippen LogP contribution in [0.5, 0.6) is 0 Å². The molecule has 3 aromatic rings. The van der Waals surface area contributed by atoms with Crippen LogP contribution >= 0.6 is 11.8 Å². The number of thioether (sulfide) groups is 1. The summed E-state index contributed by atoms with van der Waals surface area (Å²) in [6, 6.07) is 13.2. The van der Waals surface area contributed by atoms with Crippen LogP contribution in [0.25, 0.3) is 5.69 Å². The van der Waals surface area contributed by atoms with Crippen LogP contribution in [0.3, 0.4) is 0 Å². The van der Waals surface area contributed by atoms with Crippen molar-refractivity contribution in [3.8, 4) is 5.69 Å². The molecule has 2 heterocycles. The molecule has 168 valence electrons. The first-order chi connectivity index (χ1) is 15.4. The van der Waals surface area contributed by atoms with Crippen molar-refractivity contribution in [2.24, 2.45) is 0 Å². The van der Waals surface area contributed by atoms with E-state index in [1.54, 1.807) is 35.0 Å². The molecular weight excluding hydrogens is 448 g/mol. The average Bonchev–Trinajstić information content (AvgIpc) is 3.28. The molecule has 1 aliphatic rings. The van der Waals surface area contributed by atoms with Gasteiger partial charge in [0.15, 0.2) is 0 Å². The molecule has 1 aliphatic heterocycles. The molecule has 11 heteroatoms. The number of sulfonamides is 1. The Morgan fingerprint density at radius 1 is 1.16 bits per heavy atom. The molecule has 0 bridgehead atoms. The van der Waals surface area contributed by atoms with Crippen LogP contribution in [0.4, 0.5) is 5.69 Å². The van der Waals surface area contributed by atoms with Crippen LogP contribution in [0.15, 0.2) is 58.6 Å². The number of hydrogen-bond donors (Lipinski definition) is 1. The van der Waals surface area contributed by atoms with Gasteiger partial charge in [-0.1, -0.05) is 30.3 Å². The van der Waals surface area contributed by atoms with Gasteiger partial charge in [-0.3, -0.25) is 4.79 Å². The molecule has 1 fully saturated rings. The summed E-state index contributed by atoms with van der Waals surface area (Å²) in [5, 5.41) is 15.0. The Morgan fingerprint density at radius 3 is 2.75 bits per heavy atom. The number of piperidine rings is 1. The van der Waals surface area contributed by atoms with Crippen molar-refractivity contribution in [1.29, 1.82) is 0 Å². The molecule has 1 atom stereocenters. The van der Waals surface area contributed by atoms with E-state index in [0.29, 0.717) is 23.1 Å². The van der Waals surface area contributed by atoms with Crippen molar-refractivity contribution in [2.45, 2.75) is 42.3 Å². The van der Waals surface area contributed by atoms with E-state index in [4.69, 9.17) is 0 Å². The van der Waals surface area contributed by atoms with Gasteiger partial charge in [0.05, 0.1) is 10.6 Å². The van der Waals surface area contributed by atoms with E-state index < -0.39 is 15.9 Å². The number of hydrogen-bond acceptors (Lipinski definition) is 7. The Morgan fingerprint density at radius 2 is 1.97 bits per heavy atom. The van der Waals surface area contributed by atoms with Crippen molar-refractivity contribution in [1.82, 2.24) is 24.5 Å². The van der Waals surface area contributed by atoms with Gasteiger partial charge in [0, 0.05) is 23.8 Å². The van der Waals surface area contributed by atoms with E-state index in [0.717, 1.165) is 19.3 Å². The van der Waals surface area contributed by atoms with E-state index in [1.165, 1.54) is 28.2 Å². The zero-order valence-corrected chi connectivity index (χ0v) is 19.4. The third-order valence-corrected chi connectivity index (χ3v) is 8.05. The minimum Gasteiger partial charge on any atom is -0.322 e. The highest BCUT2D eigenvalue weighted by atomic mass is 32.2. The molecule has 0 spiro atoms. The van der Waals surface area contributed by atoms with Crippen LogP contribution in [0.2, 0.25) is 0 Å². The minimum absolute atomic E-state index is 0.0496. The molecule has 1 saturated heterocycles. The van der Waals surface area contributed by atoms with Gasteiger partial charge in [0.1, 0.15) is 0 Å². The Balaban J connectivity index is 1.56. The van der Waals surface area contributed by atoms with Gasteiger partial charge >= 0.3 is 0 Å². The van der Waals surface area contributed by atoms with Gasteiger partial charge in [-0.15, -0.1) is 5.10 Å². The third-order valence-electron chi connectivity index (χ3n) is 5.42. The summed E-state index contributed by atoms with van der Waals surface area (Å²) in [6.45, 7) is 2.43. The second-order valence-electron chi connectivity index (χ2n) is 7.57. The lowest BCUT2D eigenvalue weighted by Gasteiger charge is -2.32. The lowest BCUT2D eigenvalue weighted by Crippen LogP contribution is -2.41. The first-order valence-electron chi connectivity index (χ1n) is 10.3. The maximum absolute atomic E-state index is 13.1. The minimum atomic E-state index is -3.66. The van der Waals surface area contributed by atoms with E-state index >= 15 is 0 Å². The molecular formula is C21H24N6O3S2. The maximum atomic E-state index is 13.1. The molecule has 4 rings (SSSR count). The first-order valence-corrected chi connectivity index (χ1v) is 12.9. The van der Waals surface area contributed by atoms with Crippen LogP contribution in [-0.4, -0.2) is 57.7 Å². The fraction of sp³-hybridized carbons (Fsp3) is 0.333. The van der Waals surface area contributed by atoms with Gasteiger partial charge in [-0.05, 0) is 72.8 Å². The molecule has 1 unspecified atom stereocenters. The molecule has 9 nitrogen and oxygen atoms in total. The van der Waals surface area contributed by atoms with E-state index in [9.17, 15) is 13.2 Å². The van der Waals surface area contributed by atoms with Gasteiger partial charge in [0.25, 0.3) is 5.91 Å². The molecule has 2 aromatic carbocycles. The lowest BCUT2D eigenvalue weighted by molar-refractivity contribution is 0.102. The predicted molar refractivity (Wildman–Crippen MR) is 123 cm³/mol. The fourth-order valence-corrected chi connectivity index (χ4v) is 5.93. The Kier molecular flexibility index (Phi) is 6.58. The first kappa shape index (κ1) is 22.4. The number of benzene rings is 2. The molecule has 1 amide bonds. The predicted octanol–water partition coefficient (Wildman–Crippen LogP) is 3.20. The van der Waals surface area contributed by atoms with Gasteiger partial charge < -0.3 is 5.32 Å². The van der Waals surface area contributed by atoms with Crippen molar-refractivity contribution >= 4 is 33.4 Å². The Labute approximate surface area is 191 Å². The molecule has 0 aliphatic carbocycles. The summed E-state index contributed by atoms with van der Waals surface area (Å²) >= 11 is 1.41. The van der Waals surface area contributed by atoms with E-state index in [1.807, 2.05) is 19.2 Å². The number of amides is 1. The largest absolute Gasteiger partial charge is 0.322 e. The van der Waals surface area contributed by atoms with Crippen LogP contribution in [-0.2, 0) is 10.0 Å². The monoisotopic (exact) mass is 472 g/mol. The number of nitrogens with one attached hydrogen (secondary N) is 1. The SMILES string of the molecule is CSc1nnnn1-c1cccc(NC(=O)c2cccc(S(=O)(=O)N3CCCCC3C)c2)c1. The Bertz CT molecular complexity index is 1230. The number of anilines is 1. The fourth-order valence-electron chi connectivity index (χ4n) is 3.75. The maximum Gasteiger partial charge on any atom is 0.255 e. The number of tetrazole rings is 1. The molecule has 32 heavy (non-hydrogen) atoms. The zero-order valence-electron chi connectivity index (χ0n) is 17.8. The van der Waals surface area contributed by atoms with Crippen molar-refractivity contribution in [2.75, 3.05) is 18.1 Å². The van der Waals surface area contributed by atoms with E-state index in [2.05, 4.69) is 20.8 Å². The average molecular weight is 473 g/mol. The smallest absolute Gasteiger partial charge is 0.255 e. The molecule has 0 saturated carbocycles. The van der Waals surface area contributed by atoms with Gasteiger partial charge in [-0.2, -0.15) is 8.99 Å². The number of carbonyl (C=O) groups excluding carboxylic acids is 1. The zero-order chi connectivity index (χ0) is 22.7. The second kappa shape index (κ2) is 9.39. The van der Waals surface area contributed by atoms with Crippen molar-refractivity contribution < 1.29 is 13.2 Å². The van der Waals surface area contributed by atoms with Gasteiger partial charge in [0.2, 0.25) is 15.2 Å². The number of nitrogens with zero attached hydrogens (tertiary/aromatic N) is 5. The lowest BCUT2D eigenvalue weighted by atomic mass is 10.1. The topological polar surface area (TPSA) is 110 Å². The standard InChI is InChI=1S/C21H24N6O3S2/c1-15-7-3-4-12-26(15)32(29,30)19-11-5-8-16(13-19)20(28)22-17-9-6-10-18(14-17)27-21(31-2)23-24-25-27/h5-6,8-11,13-15H,3-4,7,12H2,1-2H3,(H,22,28). The highest BCUT2D eigenvalue weighted by Crippen LogP contribution is 2.26. The van der Waals surface area contributed by atoms with E-state index in [-0.39, 0.29) is 16.5 Å². The summed E-state index contributed by atoms with van der Waals surface area (Å²) < 4.78 is 29.4. The van der Waals surface area contributed by atoms with Crippen LogP contribution in [0.1, 0.15) is 36.5 Å². The van der Waals surface area contributed by atoms with Crippen molar-refractivity contribution in [3.63, 3.8) is 0 Å². The number of aromatic nitrogens is 4. The molecule has 1 aromatic heterocycles. The molecule has 0 radical (unpaired) electrons.